The summed E-state index contributed by atoms with van der Waals surface area (Å²) in [6.07, 6.45) is 1.05. The van der Waals surface area contributed by atoms with E-state index in [0.29, 0.717) is 0 Å². The molecule has 0 aliphatic heterocycles. The van der Waals surface area contributed by atoms with E-state index < -0.39 is 0 Å². The van der Waals surface area contributed by atoms with Gasteiger partial charge in [-0.1, -0.05) is 6.92 Å². The molecule has 92 valence electrons. The molecule has 3 nitrogen and oxygen atoms in total. The van der Waals surface area contributed by atoms with Crippen LogP contribution in [0.5, 0.6) is 5.75 Å². The molecule has 0 bridgehead atoms. The van der Waals surface area contributed by atoms with E-state index in [9.17, 15) is 0 Å². The molecule has 1 atom stereocenters. The van der Waals surface area contributed by atoms with Crippen molar-refractivity contribution in [2.24, 2.45) is 0 Å². The van der Waals surface area contributed by atoms with Crippen molar-refractivity contribution in [3.8, 4) is 11.8 Å². The summed E-state index contributed by atoms with van der Waals surface area (Å²) >= 11 is 1.68. The Balaban J connectivity index is 2.40. The van der Waals surface area contributed by atoms with Gasteiger partial charge in [0.15, 0.2) is 0 Å². The molecule has 0 saturated carbocycles. The summed E-state index contributed by atoms with van der Waals surface area (Å²) in [7, 11) is 1.66. The van der Waals surface area contributed by atoms with E-state index in [1.807, 2.05) is 24.3 Å². The van der Waals surface area contributed by atoms with Gasteiger partial charge in [0.2, 0.25) is 0 Å². The number of nitrogens with zero attached hydrogens (tertiary/aromatic N) is 1. The predicted octanol–water partition coefficient (Wildman–Crippen LogP) is 2.68. The van der Waals surface area contributed by atoms with Crippen LogP contribution in [-0.4, -0.2) is 25.4 Å². The van der Waals surface area contributed by atoms with Crippen LogP contribution in [0.15, 0.2) is 29.2 Å². The molecule has 1 rings (SSSR count). The highest BCUT2D eigenvalue weighted by Crippen LogP contribution is 2.21. The van der Waals surface area contributed by atoms with Crippen molar-refractivity contribution >= 4 is 11.8 Å². The number of rotatable bonds is 7. The van der Waals surface area contributed by atoms with Gasteiger partial charge < -0.3 is 10.1 Å². The van der Waals surface area contributed by atoms with Crippen LogP contribution in [0.4, 0.5) is 0 Å². The van der Waals surface area contributed by atoms with Crippen LogP contribution in [0.25, 0.3) is 0 Å². The summed E-state index contributed by atoms with van der Waals surface area (Å²) in [5, 5.41) is 12.2. The SMILES string of the molecule is CCCNC(C#N)CSc1ccc(OC)cc1. The molecular weight excluding hydrogens is 232 g/mol. The molecule has 0 aliphatic carbocycles. The fourth-order valence-corrected chi connectivity index (χ4v) is 2.19. The van der Waals surface area contributed by atoms with Gasteiger partial charge in [-0.05, 0) is 37.2 Å². The average molecular weight is 250 g/mol. The maximum Gasteiger partial charge on any atom is 0.118 e. The van der Waals surface area contributed by atoms with Crippen LogP contribution in [0, 0.1) is 11.3 Å². The molecule has 1 unspecified atom stereocenters. The molecule has 0 aromatic heterocycles. The van der Waals surface area contributed by atoms with E-state index in [4.69, 9.17) is 10.00 Å². The summed E-state index contributed by atoms with van der Waals surface area (Å²) in [6, 6.07) is 10.1. The third-order valence-electron chi connectivity index (χ3n) is 2.27. The molecule has 1 aromatic rings. The Bertz CT molecular complexity index is 359. The van der Waals surface area contributed by atoms with Crippen LogP contribution < -0.4 is 10.1 Å². The first-order valence-electron chi connectivity index (χ1n) is 5.70. The Morgan fingerprint density at radius 3 is 2.65 bits per heavy atom. The second kappa shape index (κ2) is 7.99. The maximum atomic E-state index is 8.97. The average Bonchev–Trinajstić information content (AvgIpc) is 2.39. The van der Waals surface area contributed by atoms with Crippen molar-refractivity contribution < 1.29 is 4.74 Å². The highest BCUT2D eigenvalue weighted by molar-refractivity contribution is 7.99. The van der Waals surface area contributed by atoms with Crippen LogP contribution in [0.2, 0.25) is 0 Å². The van der Waals surface area contributed by atoms with E-state index in [-0.39, 0.29) is 6.04 Å². The fraction of sp³-hybridized carbons (Fsp3) is 0.462. The molecule has 4 heteroatoms. The molecule has 0 fully saturated rings. The van der Waals surface area contributed by atoms with Crippen LogP contribution >= 0.6 is 11.8 Å². The summed E-state index contributed by atoms with van der Waals surface area (Å²) in [6.45, 7) is 2.99. The number of benzene rings is 1. The molecular formula is C13H18N2OS. The Labute approximate surface area is 107 Å². The third-order valence-corrected chi connectivity index (χ3v) is 3.38. The van der Waals surface area contributed by atoms with Crippen molar-refractivity contribution in [3.05, 3.63) is 24.3 Å². The van der Waals surface area contributed by atoms with Gasteiger partial charge >= 0.3 is 0 Å². The summed E-state index contributed by atoms with van der Waals surface area (Å²) in [4.78, 5) is 1.16. The highest BCUT2D eigenvalue weighted by Gasteiger charge is 2.06. The number of nitriles is 1. The van der Waals surface area contributed by atoms with Crippen LogP contribution in [0.3, 0.4) is 0 Å². The maximum absolute atomic E-state index is 8.97. The molecule has 0 heterocycles. The summed E-state index contributed by atoms with van der Waals surface area (Å²) < 4.78 is 5.10. The predicted molar refractivity (Wildman–Crippen MR) is 71.4 cm³/mol. The molecule has 0 saturated heterocycles. The van der Waals surface area contributed by atoms with E-state index >= 15 is 0 Å². The monoisotopic (exact) mass is 250 g/mol. The van der Waals surface area contributed by atoms with Crippen LogP contribution in [-0.2, 0) is 0 Å². The minimum atomic E-state index is -0.0814. The van der Waals surface area contributed by atoms with Crippen molar-refractivity contribution in [2.75, 3.05) is 19.4 Å². The van der Waals surface area contributed by atoms with Crippen molar-refractivity contribution in [3.63, 3.8) is 0 Å². The molecule has 0 aliphatic rings. The van der Waals surface area contributed by atoms with Gasteiger partial charge in [0.1, 0.15) is 11.8 Å². The zero-order valence-electron chi connectivity index (χ0n) is 10.3. The van der Waals surface area contributed by atoms with Gasteiger partial charge in [-0.2, -0.15) is 5.26 Å². The number of ether oxygens (including phenoxy) is 1. The molecule has 0 amide bonds. The van der Waals surface area contributed by atoms with Gasteiger partial charge in [-0.3, -0.25) is 0 Å². The number of hydrogen-bond acceptors (Lipinski definition) is 4. The zero-order valence-corrected chi connectivity index (χ0v) is 11.1. The van der Waals surface area contributed by atoms with Crippen molar-refractivity contribution in [1.29, 1.82) is 5.26 Å². The van der Waals surface area contributed by atoms with Crippen molar-refractivity contribution in [1.82, 2.24) is 5.32 Å². The number of thioether (sulfide) groups is 1. The van der Waals surface area contributed by atoms with Gasteiger partial charge in [-0.15, -0.1) is 11.8 Å². The van der Waals surface area contributed by atoms with Gasteiger partial charge in [0.05, 0.1) is 13.2 Å². The Morgan fingerprint density at radius 2 is 2.12 bits per heavy atom. The lowest BCUT2D eigenvalue weighted by atomic mass is 10.3. The largest absolute Gasteiger partial charge is 0.497 e. The fourth-order valence-electron chi connectivity index (χ4n) is 1.31. The molecule has 0 spiro atoms. The second-order valence-corrected chi connectivity index (χ2v) is 4.72. The Hall–Kier alpha value is -1.18. The van der Waals surface area contributed by atoms with Crippen LogP contribution in [0.1, 0.15) is 13.3 Å². The quantitative estimate of drug-likeness (QED) is 0.756. The van der Waals surface area contributed by atoms with Gasteiger partial charge in [0.25, 0.3) is 0 Å². The van der Waals surface area contributed by atoms with E-state index in [1.54, 1.807) is 18.9 Å². The Kier molecular flexibility index (Phi) is 6.53. The summed E-state index contributed by atoms with van der Waals surface area (Å²) in [5.74, 6) is 1.62. The van der Waals surface area contributed by atoms with Gasteiger partial charge in [-0.25, -0.2) is 0 Å². The minimum Gasteiger partial charge on any atom is -0.497 e. The summed E-state index contributed by atoms with van der Waals surface area (Å²) in [5.41, 5.74) is 0. The number of nitrogens with one attached hydrogen (secondary N) is 1. The number of hydrogen-bond donors (Lipinski definition) is 1. The zero-order chi connectivity index (χ0) is 12.5. The molecule has 0 radical (unpaired) electrons. The first kappa shape index (κ1) is 13.9. The number of methoxy groups -OCH3 is 1. The third kappa shape index (κ3) is 5.12. The Morgan fingerprint density at radius 1 is 1.41 bits per heavy atom. The topological polar surface area (TPSA) is 45.0 Å². The molecule has 1 N–H and O–H groups in total. The smallest absolute Gasteiger partial charge is 0.118 e. The first-order chi connectivity index (χ1) is 8.30. The van der Waals surface area contributed by atoms with Gasteiger partial charge in [0, 0.05) is 10.6 Å². The van der Waals surface area contributed by atoms with E-state index in [2.05, 4.69) is 18.3 Å². The second-order valence-electron chi connectivity index (χ2n) is 3.62. The van der Waals surface area contributed by atoms with Crippen molar-refractivity contribution in [2.45, 2.75) is 24.3 Å². The lowest BCUT2D eigenvalue weighted by molar-refractivity contribution is 0.414. The van der Waals surface area contributed by atoms with E-state index in [0.717, 1.165) is 29.4 Å². The van der Waals surface area contributed by atoms with E-state index in [1.165, 1.54) is 0 Å². The molecule has 17 heavy (non-hydrogen) atoms. The highest BCUT2D eigenvalue weighted by atomic mass is 32.2. The standard InChI is InChI=1S/C13H18N2OS/c1-3-8-15-11(9-14)10-17-13-6-4-12(16-2)5-7-13/h4-7,11,15H,3,8,10H2,1-2H3. The lowest BCUT2D eigenvalue weighted by Gasteiger charge is -2.10. The lowest BCUT2D eigenvalue weighted by Crippen LogP contribution is -2.30. The normalized spacial score (nSPS) is 11.8. The first-order valence-corrected chi connectivity index (χ1v) is 6.68. The molecule has 1 aromatic carbocycles. The minimum absolute atomic E-state index is 0.0814.